The standard InChI is InChI=1S/C26H26N4OS/c1-17-9-11-20(12-10-17)30-18(2)15-22(19(30)3)25-24(23-8-4-5-13-27-23)28-26(32)29(25)16-21-7-6-14-31-21/h4-15,24-25H,16H2,1-3H3,(H,28,32)/t24-,25-/m1/s1. The van der Waals surface area contributed by atoms with Crippen molar-refractivity contribution in [1.82, 2.24) is 19.8 Å². The van der Waals surface area contributed by atoms with Crippen molar-refractivity contribution in [3.63, 3.8) is 0 Å². The van der Waals surface area contributed by atoms with Gasteiger partial charge in [0, 0.05) is 23.3 Å². The van der Waals surface area contributed by atoms with Crippen LogP contribution in [0.3, 0.4) is 0 Å². The van der Waals surface area contributed by atoms with Crippen molar-refractivity contribution in [3.05, 3.63) is 107 Å². The minimum absolute atomic E-state index is 0.00658. The number of pyridine rings is 1. The second-order valence-corrected chi connectivity index (χ2v) is 8.72. The first-order chi connectivity index (χ1) is 15.5. The maximum atomic E-state index is 5.80. The van der Waals surface area contributed by atoms with Gasteiger partial charge in [-0.05, 0) is 81.0 Å². The van der Waals surface area contributed by atoms with Gasteiger partial charge in [-0.3, -0.25) is 4.98 Å². The molecule has 1 fully saturated rings. The summed E-state index contributed by atoms with van der Waals surface area (Å²) in [5, 5.41) is 4.24. The Kier molecular flexibility index (Phi) is 5.31. The number of thiocarbonyl (C=S) groups is 1. The molecule has 0 radical (unpaired) electrons. The molecule has 1 N–H and O–H groups in total. The average Bonchev–Trinajstić information content (AvgIpc) is 3.49. The first-order valence-corrected chi connectivity index (χ1v) is 11.2. The van der Waals surface area contributed by atoms with Crippen molar-refractivity contribution in [3.8, 4) is 5.69 Å². The van der Waals surface area contributed by atoms with Crippen LogP contribution in [0.4, 0.5) is 0 Å². The molecule has 1 saturated heterocycles. The molecule has 0 saturated carbocycles. The molecule has 2 atom stereocenters. The normalized spacial score (nSPS) is 18.2. The van der Waals surface area contributed by atoms with Gasteiger partial charge in [0.05, 0.1) is 30.6 Å². The van der Waals surface area contributed by atoms with E-state index in [0.717, 1.165) is 17.1 Å². The van der Waals surface area contributed by atoms with E-state index < -0.39 is 0 Å². The van der Waals surface area contributed by atoms with Crippen LogP contribution in [-0.4, -0.2) is 19.6 Å². The number of benzene rings is 1. The molecule has 0 bridgehead atoms. The Morgan fingerprint density at radius 3 is 2.53 bits per heavy atom. The quantitative estimate of drug-likeness (QED) is 0.410. The van der Waals surface area contributed by atoms with E-state index >= 15 is 0 Å². The number of rotatable bonds is 5. The summed E-state index contributed by atoms with van der Waals surface area (Å²) in [5.74, 6) is 0.883. The van der Waals surface area contributed by atoms with Crippen LogP contribution < -0.4 is 5.32 Å². The third kappa shape index (κ3) is 3.60. The maximum absolute atomic E-state index is 5.80. The third-order valence-corrected chi connectivity index (χ3v) is 6.54. The molecular formula is C26H26N4OS. The van der Waals surface area contributed by atoms with E-state index in [1.165, 1.54) is 22.5 Å². The summed E-state index contributed by atoms with van der Waals surface area (Å²) in [6.45, 7) is 7.05. The van der Waals surface area contributed by atoms with E-state index in [4.69, 9.17) is 16.6 Å². The first kappa shape index (κ1) is 20.5. The summed E-state index contributed by atoms with van der Waals surface area (Å²) >= 11 is 5.80. The molecule has 1 aliphatic heterocycles. The highest BCUT2D eigenvalue weighted by atomic mass is 32.1. The SMILES string of the molecule is Cc1ccc(-n2c(C)cc([C@@H]3[C@@H](c4ccccn4)NC(=S)N3Cc3ccco3)c2C)cc1. The summed E-state index contributed by atoms with van der Waals surface area (Å²) in [7, 11) is 0. The van der Waals surface area contributed by atoms with Crippen LogP contribution in [0.5, 0.6) is 0 Å². The Bertz CT molecular complexity index is 1230. The van der Waals surface area contributed by atoms with E-state index in [-0.39, 0.29) is 12.1 Å². The molecule has 0 spiro atoms. The van der Waals surface area contributed by atoms with Crippen molar-refractivity contribution < 1.29 is 4.42 Å². The van der Waals surface area contributed by atoms with Gasteiger partial charge in [0.2, 0.25) is 0 Å². The molecule has 1 aliphatic rings. The van der Waals surface area contributed by atoms with Gasteiger partial charge in [-0.2, -0.15) is 0 Å². The van der Waals surface area contributed by atoms with Crippen LogP contribution in [0.25, 0.3) is 5.69 Å². The zero-order chi connectivity index (χ0) is 22.2. The highest BCUT2D eigenvalue weighted by Crippen LogP contribution is 2.42. The zero-order valence-corrected chi connectivity index (χ0v) is 19.3. The van der Waals surface area contributed by atoms with Crippen molar-refractivity contribution in [2.75, 3.05) is 0 Å². The average molecular weight is 443 g/mol. The van der Waals surface area contributed by atoms with E-state index in [2.05, 4.69) is 76.9 Å². The van der Waals surface area contributed by atoms with Gasteiger partial charge in [-0.15, -0.1) is 0 Å². The molecule has 5 nitrogen and oxygen atoms in total. The van der Waals surface area contributed by atoms with E-state index in [0.29, 0.717) is 11.7 Å². The molecule has 4 heterocycles. The summed E-state index contributed by atoms with van der Waals surface area (Å²) in [6, 6.07) is 20.8. The molecule has 0 amide bonds. The first-order valence-electron chi connectivity index (χ1n) is 10.8. The number of furan rings is 1. The highest BCUT2D eigenvalue weighted by Gasteiger charge is 2.41. The Morgan fingerprint density at radius 2 is 1.84 bits per heavy atom. The van der Waals surface area contributed by atoms with Gasteiger partial charge in [0.1, 0.15) is 5.76 Å². The fourth-order valence-corrected chi connectivity index (χ4v) is 4.97. The second kappa shape index (κ2) is 8.28. The minimum Gasteiger partial charge on any atom is -0.467 e. The third-order valence-electron chi connectivity index (χ3n) is 6.19. The number of aromatic nitrogens is 2. The minimum atomic E-state index is -0.0503. The lowest BCUT2D eigenvalue weighted by Crippen LogP contribution is -2.29. The van der Waals surface area contributed by atoms with Crippen LogP contribution in [0.15, 0.2) is 77.5 Å². The summed E-state index contributed by atoms with van der Waals surface area (Å²) in [6.07, 6.45) is 3.54. The molecular weight excluding hydrogens is 416 g/mol. The highest BCUT2D eigenvalue weighted by molar-refractivity contribution is 7.80. The van der Waals surface area contributed by atoms with Crippen LogP contribution in [-0.2, 0) is 6.54 Å². The van der Waals surface area contributed by atoms with Crippen molar-refractivity contribution in [1.29, 1.82) is 0 Å². The number of aryl methyl sites for hydroxylation is 2. The van der Waals surface area contributed by atoms with Crippen LogP contribution in [0.1, 0.15) is 46.1 Å². The molecule has 0 unspecified atom stereocenters. The van der Waals surface area contributed by atoms with Crippen molar-refractivity contribution >= 4 is 17.3 Å². The van der Waals surface area contributed by atoms with Gasteiger partial charge >= 0.3 is 0 Å². The predicted molar refractivity (Wildman–Crippen MR) is 130 cm³/mol. The molecule has 6 heteroatoms. The van der Waals surface area contributed by atoms with Gasteiger partial charge in [0.15, 0.2) is 5.11 Å². The number of hydrogen-bond acceptors (Lipinski definition) is 3. The van der Waals surface area contributed by atoms with Gasteiger partial charge < -0.3 is 19.2 Å². The predicted octanol–water partition coefficient (Wildman–Crippen LogP) is 5.56. The lowest BCUT2D eigenvalue weighted by Gasteiger charge is -2.27. The van der Waals surface area contributed by atoms with Crippen LogP contribution in [0.2, 0.25) is 0 Å². The molecule has 5 rings (SSSR count). The van der Waals surface area contributed by atoms with E-state index in [1.54, 1.807) is 6.26 Å². The van der Waals surface area contributed by atoms with Gasteiger partial charge in [-0.1, -0.05) is 23.8 Å². The fourth-order valence-electron chi connectivity index (χ4n) is 4.66. The maximum Gasteiger partial charge on any atom is 0.170 e. The summed E-state index contributed by atoms with van der Waals surface area (Å²) in [5.41, 5.74) is 7.02. The Labute approximate surface area is 193 Å². The van der Waals surface area contributed by atoms with Gasteiger partial charge in [0.25, 0.3) is 0 Å². The van der Waals surface area contributed by atoms with E-state index in [9.17, 15) is 0 Å². The monoisotopic (exact) mass is 442 g/mol. The summed E-state index contributed by atoms with van der Waals surface area (Å²) < 4.78 is 7.97. The molecule has 162 valence electrons. The second-order valence-electron chi connectivity index (χ2n) is 8.33. The van der Waals surface area contributed by atoms with E-state index in [1.807, 2.05) is 30.5 Å². The van der Waals surface area contributed by atoms with Crippen molar-refractivity contribution in [2.45, 2.75) is 39.4 Å². The topological polar surface area (TPSA) is 46.2 Å². The van der Waals surface area contributed by atoms with Crippen molar-refractivity contribution in [2.24, 2.45) is 0 Å². The largest absolute Gasteiger partial charge is 0.467 e. The lowest BCUT2D eigenvalue weighted by molar-refractivity contribution is 0.286. The van der Waals surface area contributed by atoms with Gasteiger partial charge in [-0.25, -0.2) is 0 Å². The molecule has 4 aromatic rings. The Balaban J connectivity index is 1.62. The Hall–Kier alpha value is -3.38. The number of nitrogens with zero attached hydrogens (tertiary/aromatic N) is 3. The lowest BCUT2D eigenvalue weighted by atomic mass is 9.96. The zero-order valence-electron chi connectivity index (χ0n) is 18.4. The van der Waals surface area contributed by atoms with Crippen LogP contribution >= 0.6 is 12.2 Å². The smallest absolute Gasteiger partial charge is 0.170 e. The van der Waals surface area contributed by atoms with Crippen LogP contribution in [0, 0.1) is 20.8 Å². The fraction of sp³-hybridized carbons (Fsp3) is 0.231. The summed E-state index contributed by atoms with van der Waals surface area (Å²) in [4.78, 5) is 6.87. The Morgan fingerprint density at radius 1 is 1.03 bits per heavy atom. The molecule has 3 aromatic heterocycles. The molecule has 1 aromatic carbocycles. The number of nitrogens with one attached hydrogen (secondary N) is 1. The number of hydrogen-bond donors (Lipinski definition) is 1. The molecule has 32 heavy (non-hydrogen) atoms. The molecule has 0 aliphatic carbocycles.